The molecule has 0 spiro atoms. The zero-order valence-electron chi connectivity index (χ0n) is 20.9. The fourth-order valence-corrected chi connectivity index (χ4v) is 4.13. The Morgan fingerprint density at radius 1 is 1.08 bits per heavy atom. The molecule has 0 aliphatic rings. The van der Waals surface area contributed by atoms with Crippen molar-refractivity contribution in [3.8, 4) is 22.8 Å². The number of carbonyl (C=O) groups excluding carboxylic acids is 1. The third-order valence-corrected chi connectivity index (χ3v) is 5.98. The summed E-state index contributed by atoms with van der Waals surface area (Å²) in [6, 6.07) is 20.2. The lowest BCUT2D eigenvalue weighted by atomic mass is 10.1. The molecule has 1 amide bonds. The standard InChI is InChI=1S/C27H22N6O5S/c1-3-37-18-10-8-17(9-11-18)32-30-21-14-16(2)20(15-22(21)31-32)28-27(39)29-26(34)25-13-12-24(38-25)19-6-4-5-7-23(19)33(35)36/h4-15H,3H2,1-2H3,(H2,28,29,34,39). The van der Waals surface area contributed by atoms with Gasteiger partial charge in [0.2, 0.25) is 0 Å². The van der Waals surface area contributed by atoms with E-state index in [0.717, 1.165) is 17.0 Å². The Hall–Kier alpha value is -5.10. The summed E-state index contributed by atoms with van der Waals surface area (Å²) in [5, 5.41) is 26.1. The number of amides is 1. The number of ether oxygens (including phenoxy) is 1. The summed E-state index contributed by atoms with van der Waals surface area (Å²) in [6.45, 7) is 4.39. The molecule has 0 unspecified atom stereocenters. The number of nitro groups is 1. The number of carbonyl (C=O) groups is 1. The molecule has 39 heavy (non-hydrogen) atoms. The molecule has 0 fully saturated rings. The lowest BCUT2D eigenvalue weighted by Gasteiger charge is -2.10. The lowest BCUT2D eigenvalue weighted by Crippen LogP contribution is -2.34. The highest BCUT2D eigenvalue weighted by molar-refractivity contribution is 7.80. The van der Waals surface area contributed by atoms with Gasteiger partial charge in [0.05, 0.1) is 22.8 Å². The highest BCUT2D eigenvalue weighted by atomic mass is 32.1. The monoisotopic (exact) mass is 542 g/mol. The van der Waals surface area contributed by atoms with Crippen LogP contribution in [0, 0.1) is 17.0 Å². The van der Waals surface area contributed by atoms with Crippen LogP contribution >= 0.6 is 12.2 Å². The van der Waals surface area contributed by atoms with Gasteiger partial charge in [0, 0.05) is 11.8 Å². The Balaban J connectivity index is 1.29. The van der Waals surface area contributed by atoms with Crippen LogP contribution in [0.5, 0.6) is 5.75 Å². The van der Waals surface area contributed by atoms with E-state index in [0.29, 0.717) is 23.3 Å². The minimum Gasteiger partial charge on any atom is -0.494 e. The van der Waals surface area contributed by atoms with Crippen LogP contribution in [0.25, 0.3) is 28.0 Å². The molecule has 5 aromatic rings. The van der Waals surface area contributed by atoms with Gasteiger partial charge < -0.3 is 14.5 Å². The van der Waals surface area contributed by atoms with Gasteiger partial charge >= 0.3 is 0 Å². The van der Waals surface area contributed by atoms with E-state index in [-0.39, 0.29) is 27.9 Å². The first-order chi connectivity index (χ1) is 18.8. The van der Waals surface area contributed by atoms with E-state index in [2.05, 4.69) is 20.8 Å². The van der Waals surface area contributed by atoms with Gasteiger partial charge in [0.15, 0.2) is 10.9 Å². The van der Waals surface area contributed by atoms with E-state index in [4.69, 9.17) is 21.4 Å². The van der Waals surface area contributed by atoms with Gasteiger partial charge in [-0.2, -0.15) is 4.80 Å². The number of anilines is 1. The Morgan fingerprint density at radius 3 is 2.51 bits per heavy atom. The normalized spacial score (nSPS) is 10.8. The Morgan fingerprint density at radius 2 is 1.79 bits per heavy atom. The van der Waals surface area contributed by atoms with Gasteiger partial charge in [0.25, 0.3) is 11.6 Å². The van der Waals surface area contributed by atoms with Crippen molar-refractivity contribution in [1.29, 1.82) is 0 Å². The third-order valence-electron chi connectivity index (χ3n) is 5.78. The molecule has 5 rings (SSSR count). The van der Waals surface area contributed by atoms with Gasteiger partial charge in [0.1, 0.15) is 22.5 Å². The molecule has 2 N–H and O–H groups in total. The first-order valence-electron chi connectivity index (χ1n) is 11.9. The molecule has 196 valence electrons. The molecule has 2 aromatic heterocycles. The fraction of sp³-hybridized carbons (Fsp3) is 0.111. The minimum absolute atomic E-state index is 0.0437. The zero-order valence-corrected chi connectivity index (χ0v) is 21.7. The van der Waals surface area contributed by atoms with Crippen molar-refractivity contribution in [2.75, 3.05) is 11.9 Å². The number of hydrogen-bond donors (Lipinski definition) is 2. The molecule has 0 aliphatic heterocycles. The smallest absolute Gasteiger partial charge is 0.293 e. The SMILES string of the molecule is CCOc1ccc(-n2nc3cc(C)c(NC(=S)NC(=O)c4ccc(-c5ccccc5[N+](=O)[O-])o4)cc3n2)cc1. The van der Waals surface area contributed by atoms with E-state index in [9.17, 15) is 14.9 Å². The van der Waals surface area contributed by atoms with E-state index < -0.39 is 10.8 Å². The lowest BCUT2D eigenvalue weighted by molar-refractivity contribution is -0.384. The number of benzene rings is 3. The maximum absolute atomic E-state index is 12.7. The van der Waals surface area contributed by atoms with E-state index >= 15 is 0 Å². The number of nitrogens with zero attached hydrogens (tertiary/aromatic N) is 4. The topological polar surface area (TPSA) is 137 Å². The second-order valence-corrected chi connectivity index (χ2v) is 8.83. The number of rotatable bonds is 7. The summed E-state index contributed by atoms with van der Waals surface area (Å²) in [6.07, 6.45) is 0. The summed E-state index contributed by atoms with van der Waals surface area (Å²) in [7, 11) is 0. The molecule has 0 bridgehead atoms. The van der Waals surface area contributed by atoms with Crippen LogP contribution in [0.15, 0.2) is 77.2 Å². The predicted octanol–water partition coefficient (Wildman–Crippen LogP) is 5.42. The zero-order chi connectivity index (χ0) is 27.5. The van der Waals surface area contributed by atoms with Gasteiger partial charge in [-0.3, -0.25) is 20.2 Å². The number of thiocarbonyl (C=S) groups is 1. The van der Waals surface area contributed by atoms with Crippen LogP contribution in [-0.2, 0) is 0 Å². The van der Waals surface area contributed by atoms with Crippen molar-refractivity contribution >= 4 is 45.6 Å². The average molecular weight is 543 g/mol. The molecule has 0 radical (unpaired) electrons. The summed E-state index contributed by atoms with van der Waals surface area (Å²) in [5.41, 5.74) is 3.74. The number of furan rings is 1. The molecule has 0 atom stereocenters. The molecular formula is C27H22N6O5S. The van der Waals surface area contributed by atoms with Crippen LogP contribution in [-0.4, -0.2) is 37.5 Å². The van der Waals surface area contributed by atoms with Crippen LogP contribution in [0.4, 0.5) is 11.4 Å². The third kappa shape index (κ3) is 5.45. The van der Waals surface area contributed by atoms with Crippen LogP contribution < -0.4 is 15.4 Å². The molecule has 12 heteroatoms. The number of aryl methyl sites for hydroxylation is 1. The highest BCUT2D eigenvalue weighted by Crippen LogP contribution is 2.31. The molecule has 2 heterocycles. The Labute approximate surface area is 227 Å². The molecular weight excluding hydrogens is 520 g/mol. The van der Waals surface area contributed by atoms with Crippen molar-refractivity contribution in [3.63, 3.8) is 0 Å². The second kappa shape index (κ2) is 10.7. The summed E-state index contributed by atoms with van der Waals surface area (Å²) >= 11 is 5.34. The maximum Gasteiger partial charge on any atom is 0.293 e. The van der Waals surface area contributed by atoms with Gasteiger partial charge in [-0.15, -0.1) is 10.2 Å². The maximum atomic E-state index is 12.7. The molecule has 3 aromatic carbocycles. The van der Waals surface area contributed by atoms with E-state index in [1.165, 1.54) is 23.0 Å². The number of nitro benzene ring substituents is 1. The predicted molar refractivity (Wildman–Crippen MR) is 149 cm³/mol. The number of nitrogens with one attached hydrogen (secondary N) is 2. The van der Waals surface area contributed by atoms with Crippen molar-refractivity contribution < 1.29 is 18.9 Å². The molecule has 0 saturated heterocycles. The number of fused-ring (bicyclic) bond motifs is 1. The van der Waals surface area contributed by atoms with E-state index in [1.807, 2.05) is 44.2 Å². The fourth-order valence-electron chi connectivity index (χ4n) is 3.92. The molecule has 0 saturated carbocycles. The first-order valence-corrected chi connectivity index (χ1v) is 12.3. The van der Waals surface area contributed by atoms with Gasteiger partial charge in [-0.1, -0.05) is 12.1 Å². The van der Waals surface area contributed by atoms with Gasteiger partial charge in [-0.25, -0.2) is 0 Å². The quantitative estimate of drug-likeness (QED) is 0.157. The van der Waals surface area contributed by atoms with Crippen molar-refractivity contribution in [2.45, 2.75) is 13.8 Å². The van der Waals surface area contributed by atoms with Crippen LogP contribution in [0.3, 0.4) is 0 Å². The first kappa shape index (κ1) is 25.5. The van der Waals surface area contributed by atoms with Crippen molar-refractivity contribution in [1.82, 2.24) is 20.3 Å². The second-order valence-electron chi connectivity index (χ2n) is 8.42. The molecule has 11 nitrogen and oxygen atoms in total. The minimum atomic E-state index is -0.600. The number of hydrogen-bond acceptors (Lipinski definition) is 8. The largest absolute Gasteiger partial charge is 0.494 e. The van der Waals surface area contributed by atoms with Crippen LogP contribution in [0.2, 0.25) is 0 Å². The van der Waals surface area contributed by atoms with Crippen molar-refractivity contribution in [2.24, 2.45) is 0 Å². The highest BCUT2D eigenvalue weighted by Gasteiger charge is 2.20. The van der Waals surface area contributed by atoms with Crippen LogP contribution in [0.1, 0.15) is 23.0 Å². The number of aromatic nitrogens is 3. The summed E-state index contributed by atoms with van der Waals surface area (Å²) in [5.74, 6) is 0.321. The van der Waals surface area contributed by atoms with E-state index in [1.54, 1.807) is 24.3 Å². The number of para-hydroxylation sites is 1. The molecule has 0 aliphatic carbocycles. The van der Waals surface area contributed by atoms with Crippen molar-refractivity contribution in [3.05, 3.63) is 94.2 Å². The average Bonchev–Trinajstić information content (AvgIpc) is 3.57. The summed E-state index contributed by atoms with van der Waals surface area (Å²) < 4.78 is 11.1. The summed E-state index contributed by atoms with van der Waals surface area (Å²) in [4.78, 5) is 25.1. The Kier molecular flexibility index (Phi) is 7.02. The van der Waals surface area contributed by atoms with Gasteiger partial charge in [-0.05, 0) is 86.2 Å². The Bertz CT molecular complexity index is 1710.